The van der Waals surface area contributed by atoms with Crippen LogP contribution in [0.2, 0.25) is 0 Å². The summed E-state index contributed by atoms with van der Waals surface area (Å²) >= 11 is 1.09. The molecule has 1 aromatic heterocycles. The maximum absolute atomic E-state index is 13.1. The molecule has 0 spiro atoms. The molecule has 2 amide bonds. The van der Waals surface area contributed by atoms with Crippen LogP contribution in [0.15, 0.2) is 39.9 Å². The van der Waals surface area contributed by atoms with Crippen LogP contribution in [0.3, 0.4) is 0 Å². The fourth-order valence-electron chi connectivity index (χ4n) is 4.12. The molecule has 0 saturated carbocycles. The molecule has 166 valence electrons. The number of nitrogens with zero attached hydrogens (tertiary/aromatic N) is 2. The molecule has 0 radical (unpaired) electrons. The third-order valence-electron chi connectivity index (χ3n) is 5.92. The molecule has 0 aliphatic carbocycles. The van der Waals surface area contributed by atoms with Gasteiger partial charge in [-0.3, -0.25) is 9.59 Å². The van der Waals surface area contributed by atoms with Gasteiger partial charge in [-0.05, 0) is 56.4 Å². The van der Waals surface area contributed by atoms with Crippen LogP contribution in [-0.4, -0.2) is 55.6 Å². The molecule has 0 atom stereocenters. The predicted molar refractivity (Wildman–Crippen MR) is 121 cm³/mol. The van der Waals surface area contributed by atoms with Crippen molar-refractivity contribution in [3.63, 3.8) is 0 Å². The topological polar surface area (TPSA) is 86.8 Å². The third-order valence-corrected chi connectivity index (χ3v) is 9.23. The molecular weight excluding hydrogens is 434 g/mol. The van der Waals surface area contributed by atoms with Gasteiger partial charge in [-0.2, -0.15) is 4.31 Å². The first kappa shape index (κ1) is 22.0. The maximum atomic E-state index is 13.1. The molecular formula is C22H27N3O4S2. The first-order valence-corrected chi connectivity index (χ1v) is 12.9. The van der Waals surface area contributed by atoms with E-state index in [-0.39, 0.29) is 21.9 Å². The minimum absolute atomic E-state index is 0.0720. The number of amides is 2. The Morgan fingerprint density at radius 2 is 1.77 bits per heavy atom. The van der Waals surface area contributed by atoms with Crippen molar-refractivity contribution >= 4 is 38.9 Å². The van der Waals surface area contributed by atoms with Crippen LogP contribution < -0.4 is 5.32 Å². The van der Waals surface area contributed by atoms with Crippen LogP contribution >= 0.6 is 11.3 Å². The zero-order valence-corrected chi connectivity index (χ0v) is 19.2. The highest BCUT2D eigenvalue weighted by molar-refractivity contribution is 7.91. The Kier molecular flexibility index (Phi) is 6.45. The van der Waals surface area contributed by atoms with E-state index < -0.39 is 10.0 Å². The van der Waals surface area contributed by atoms with E-state index in [9.17, 15) is 18.0 Å². The second kappa shape index (κ2) is 9.10. The quantitative estimate of drug-likeness (QED) is 0.740. The number of thiophene rings is 1. The summed E-state index contributed by atoms with van der Waals surface area (Å²) in [5.41, 5.74) is 2.27. The van der Waals surface area contributed by atoms with Crippen molar-refractivity contribution in [1.82, 2.24) is 9.21 Å². The number of anilines is 1. The Bertz CT molecular complexity index is 1070. The van der Waals surface area contributed by atoms with Gasteiger partial charge in [0, 0.05) is 43.2 Å². The molecule has 2 aliphatic rings. The number of carbonyl (C=O) groups excluding carboxylic acids is 2. The minimum Gasteiger partial charge on any atom is -0.339 e. The molecule has 31 heavy (non-hydrogen) atoms. The van der Waals surface area contributed by atoms with E-state index in [0.29, 0.717) is 31.5 Å². The predicted octanol–water partition coefficient (Wildman–Crippen LogP) is 3.33. The van der Waals surface area contributed by atoms with Crippen molar-refractivity contribution in [2.24, 2.45) is 5.92 Å². The van der Waals surface area contributed by atoms with Crippen LogP contribution in [0.25, 0.3) is 0 Å². The van der Waals surface area contributed by atoms with Crippen molar-refractivity contribution in [3.05, 3.63) is 46.8 Å². The van der Waals surface area contributed by atoms with Crippen LogP contribution in [0.5, 0.6) is 0 Å². The lowest BCUT2D eigenvalue weighted by atomic mass is 9.97. The molecule has 2 aliphatic heterocycles. The van der Waals surface area contributed by atoms with Crippen molar-refractivity contribution < 1.29 is 18.0 Å². The van der Waals surface area contributed by atoms with Gasteiger partial charge in [0.05, 0.1) is 5.56 Å². The van der Waals surface area contributed by atoms with E-state index in [1.165, 1.54) is 10.4 Å². The Morgan fingerprint density at radius 3 is 2.45 bits per heavy atom. The number of piperidine rings is 1. The summed E-state index contributed by atoms with van der Waals surface area (Å²) in [6.45, 7) is 4.01. The number of benzene rings is 1. The fourth-order valence-corrected chi connectivity index (χ4v) is 6.90. The highest BCUT2D eigenvalue weighted by atomic mass is 32.2. The molecule has 9 heteroatoms. The zero-order valence-electron chi connectivity index (χ0n) is 17.5. The average molecular weight is 462 g/mol. The van der Waals surface area contributed by atoms with E-state index in [1.54, 1.807) is 10.3 Å². The molecule has 2 aromatic rings. The summed E-state index contributed by atoms with van der Waals surface area (Å²) in [6, 6.07) is 9.12. The monoisotopic (exact) mass is 461 g/mol. The van der Waals surface area contributed by atoms with Crippen LogP contribution in [0, 0.1) is 12.8 Å². The fraction of sp³-hybridized carbons (Fsp3) is 0.455. The van der Waals surface area contributed by atoms with Gasteiger partial charge in [0.25, 0.3) is 15.9 Å². The van der Waals surface area contributed by atoms with Gasteiger partial charge in [0.2, 0.25) is 5.91 Å². The van der Waals surface area contributed by atoms with Gasteiger partial charge in [-0.15, -0.1) is 11.3 Å². The van der Waals surface area contributed by atoms with E-state index in [0.717, 1.165) is 48.5 Å². The molecule has 3 heterocycles. The largest absolute Gasteiger partial charge is 0.339 e. The number of aryl methyl sites for hydroxylation is 1. The Labute approximate surface area is 187 Å². The highest BCUT2D eigenvalue weighted by Crippen LogP contribution is 2.29. The minimum atomic E-state index is -3.66. The van der Waals surface area contributed by atoms with Crippen molar-refractivity contribution in [2.45, 2.75) is 36.8 Å². The van der Waals surface area contributed by atoms with Gasteiger partial charge in [0.1, 0.15) is 4.21 Å². The average Bonchev–Trinajstić information content (AvgIpc) is 3.46. The number of rotatable bonds is 5. The lowest BCUT2D eigenvalue weighted by Gasteiger charge is -2.30. The van der Waals surface area contributed by atoms with E-state index >= 15 is 0 Å². The van der Waals surface area contributed by atoms with Crippen LogP contribution in [0.4, 0.5) is 5.69 Å². The normalized spacial score (nSPS) is 18.3. The van der Waals surface area contributed by atoms with Gasteiger partial charge >= 0.3 is 0 Å². The van der Waals surface area contributed by atoms with Crippen LogP contribution in [-0.2, 0) is 14.8 Å². The summed E-state index contributed by atoms with van der Waals surface area (Å²) in [4.78, 5) is 26.9. The third kappa shape index (κ3) is 4.83. The molecule has 1 N–H and O–H groups in total. The van der Waals surface area contributed by atoms with Crippen molar-refractivity contribution in [2.75, 3.05) is 31.5 Å². The zero-order chi connectivity index (χ0) is 22.0. The molecule has 0 unspecified atom stereocenters. The molecule has 1 aromatic carbocycles. The lowest BCUT2D eigenvalue weighted by Crippen LogP contribution is -2.41. The number of carbonyl (C=O) groups is 2. The first-order valence-electron chi connectivity index (χ1n) is 10.6. The van der Waals surface area contributed by atoms with Gasteiger partial charge < -0.3 is 10.2 Å². The Balaban J connectivity index is 1.36. The van der Waals surface area contributed by atoms with Gasteiger partial charge in [0.15, 0.2) is 0 Å². The number of hydrogen-bond donors (Lipinski definition) is 1. The van der Waals surface area contributed by atoms with E-state index in [2.05, 4.69) is 5.32 Å². The summed E-state index contributed by atoms with van der Waals surface area (Å²) in [7, 11) is -3.66. The first-order chi connectivity index (χ1) is 14.8. The van der Waals surface area contributed by atoms with E-state index in [4.69, 9.17) is 0 Å². The maximum Gasteiger partial charge on any atom is 0.254 e. The van der Waals surface area contributed by atoms with Gasteiger partial charge in [-0.1, -0.05) is 12.1 Å². The highest BCUT2D eigenvalue weighted by Gasteiger charge is 2.33. The number of nitrogens with one attached hydrogen (secondary N) is 1. The summed E-state index contributed by atoms with van der Waals surface area (Å²) in [5.74, 6) is -0.387. The summed E-state index contributed by atoms with van der Waals surface area (Å²) in [6.07, 6.45) is 2.94. The summed E-state index contributed by atoms with van der Waals surface area (Å²) in [5, 5.41) is 4.57. The van der Waals surface area contributed by atoms with E-state index in [1.807, 2.05) is 31.2 Å². The molecule has 4 rings (SSSR count). The Hall–Kier alpha value is -2.23. The number of hydrogen-bond acceptors (Lipinski definition) is 5. The lowest BCUT2D eigenvalue weighted by molar-refractivity contribution is -0.120. The van der Waals surface area contributed by atoms with Crippen molar-refractivity contribution in [3.8, 4) is 0 Å². The SMILES string of the molecule is Cc1cccc(NC(=O)C2CCN(S(=O)(=O)c3cc(C(=O)N4CCCC4)cs3)CC2)c1. The number of likely N-dealkylation sites (tertiary alicyclic amines) is 1. The Morgan fingerprint density at radius 1 is 1.06 bits per heavy atom. The smallest absolute Gasteiger partial charge is 0.254 e. The number of sulfonamides is 1. The van der Waals surface area contributed by atoms with Crippen molar-refractivity contribution in [1.29, 1.82) is 0 Å². The standard InChI is InChI=1S/C22H27N3O4S2/c1-16-5-4-6-19(13-16)23-21(26)17-7-11-25(12-8-17)31(28,29)20-14-18(15-30-20)22(27)24-9-2-3-10-24/h4-6,13-15,17H,2-3,7-12H2,1H3,(H,23,26). The molecule has 2 saturated heterocycles. The molecule has 0 bridgehead atoms. The van der Waals surface area contributed by atoms with Crippen LogP contribution in [0.1, 0.15) is 41.6 Å². The molecule has 2 fully saturated rings. The summed E-state index contributed by atoms with van der Waals surface area (Å²) < 4.78 is 27.7. The van der Waals surface area contributed by atoms with Gasteiger partial charge in [-0.25, -0.2) is 8.42 Å². The molecule has 7 nitrogen and oxygen atoms in total. The second-order valence-corrected chi connectivity index (χ2v) is 11.3. The second-order valence-electron chi connectivity index (χ2n) is 8.19.